The van der Waals surface area contributed by atoms with Crippen LogP contribution in [0.4, 0.5) is 8.78 Å². The van der Waals surface area contributed by atoms with Crippen molar-refractivity contribution in [2.75, 3.05) is 0 Å². The van der Waals surface area contributed by atoms with Gasteiger partial charge < -0.3 is 4.85 Å². The standard InChI is InChI=1S/C10H9F2N/c1-6-4-5-8(11)9(10(6)12)7(2)13-3/h4-5,7H,1-2H3. The van der Waals surface area contributed by atoms with Crippen LogP contribution in [-0.4, -0.2) is 0 Å². The minimum atomic E-state index is -0.764. The quantitative estimate of drug-likeness (QED) is 0.586. The Morgan fingerprint density at radius 3 is 2.54 bits per heavy atom. The molecular weight excluding hydrogens is 172 g/mol. The van der Waals surface area contributed by atoms with Crippen LogP contribution in [0.5, 0.6) is 0 Å². The summed E-state index contributed by atoms with van der Waals surface area (Å²) in [6.45, 7) is 9.73. The van der Waals surface area contributed by atoms with E-state index >= 15 is 0 Å². The minimum Gasteiger partial charge on any atom is -0.309 e. The van der Waals surface area contributed by atoms with Gasteiger partial charge in [0.2, 0.25) is 0 Å². The van der Waals surface area contributed by atoms with E-state index in [0.29, 0.717) is 5.56 Å². The molecule has 68 valence electrons. The molecule has 1 rings (SSSR count). The van der Waals surface area contributed by atoms with Crippen molar-refractivity contribution in [3.05, 3.63) is 46.3 Å². The third-order valence-corrected chi connectivity index (χ3v) is 1.93. The zero-order valence-corrected chi connectivity index (χ0v) is 7.44. The molecule has 13 heavy (non-hydrogen) atoms. The van der Waals surface area contributed by atoms with E-state index in [-0.39, 0.29) is 5.56 Å². The van der Waals surface area contributed by atoms with E-state index in [4.69, 9.17) is 6.57 Å². The van der Waals surface area contributed by atoms with Crippen LogP contribution in [-0.2, 0) is 0 Å². The van der Waals surface area contributed by atoms with E-state index in [0.717, 1.165) is 0 Å². The molecule has 0 spiro atoms. The molecule has 0 bridgehead atoms. The first-order valence-electron chi connectivity index (χ1n) is 3.89. The topological polar surface area (TPSA) is 4.36 Å². The Morgan fingerprint density at radius 1 is 1.38 bits per heavy atom. The lowest BCUT2D eigenvalue weighted by Crippen LogP contribution is -1.99. The van der Waals surface area contributed by atoms with Crippen LogP contribution < -0.4 is 0 Å². The molecule has 0 fully saturated rings. The van der Waals surface area contributed by atoms with Gasteiger partial charge in [-0.3, -0.25) is 0 Å². The Kier molecular flexibility index (Phi) is 2.62. The highest BCUT2D eigenvalue weighted by Crippen LogP contribution is 2.25. The van der Waals surface area contributed by atoms with Crippen LogP contribution in [0.15, 0.2) is 12.1 Å². The predicted molar refractivity (Wildman–Crippen MR) is 46.1 cm³/mol. The van der Waals surface area contributed by atoms with Gasteiger partial charge in [-0.2, -0.15) is 0 Å². The first-order chi connectivity index (χ1) is 6.07. The van der Waals surface area contributed by atoms with Crippen molar-refractivity contribution in [1.82, 2.24) is 0 Å². The lowest BCUT2D eigenvalue weighted by atomic mass is 10.0. The molecule has 0 radical (unpaired) electrons. The van der Waals surface area contributed by atoms with E-state index in [9.17, 15) is 8.78 Å². The molecule has 1 aromatic rings. The molecule has 0 N–H and O–H groups in total. The third-order valence-electron chi connectivity index (χ3n) is 1.93. The summed E-state index contributed by atoms with van der Waals surface area (Å²) in [6.07, 6.45) is 0. The molecule has 0 amide bonds. The molecule has 0 aromatic heterocycles. The van der Waals surface area contributed by atoms with Crippen molar-refractivity contribution in [2.45, 2.75) is 19.9 Å². The third kappa shape index (κ3) is 1.67. The number of rotatable bonds is 1. The maximum atomic E-state index is 13.3. The van der Waals surface area contributed by atoms with Crippen molar-refractivity contribution in [3.8, 4) is 0 Å². The van der Waals surface area contributed by atoms with Gasteiger partial charge in [0.05, 0.1) is 0 Å². The van der Waals surface area contributed by atoms with E-state index in [1.165, 1.54) is 19.1 Å². The van der Waals surface area contributed by atoms with E-state index in [1.807, 2.05) is 0 Å². The number of halogens is 2. The molecule has 0 aliphatic rings. The maximum Gasteiger partial charge on any atom is 0.251 e. The fourth-order valence-corrected chi connectivity index (χ4v) is 1.13. The Bertz CT molecular complexity index is 366. The fraction of sp³-hybridized carbons (Fsp3) is 0.300. The molecule has 1 nitrogen and oxygen atoms in total. The molecular formula is C10H9F2N. The van der Waals surface area contributed by atoms with Crippen molar-refractivity contribution in [2.24, 2.45) is 0 Å². The molecule has 0 saturated heterocycles. The Labute approximate surface area is 75.8 Å². The number of nitrogens with zero attached hydrogens (tertiary/aromatic N) is 1. The maximum absolute atomic E-state index is 13.3. The summed E-state index contributed by atoms with van der Waals surface area (Å²) in [5.41, 5.74) is 0.238. The van der Waals surface area contributed by atoms with E-state index in [1.54, 1.807) is 6.92 Å². The first-order valence-corrected chi connectivity index (χ1v) is 3.89. The van der Waals surface area contributed by atoms with Gasteiger partial charge in [0.15, 0.2) is 0 Å². The average molecular weight is 181 g/mol. The van der Waals surface area contributed by atoms with Gasteiger partial charge in [-0.1, -0.05) is 6.07 Å². The zero-order chi connectivity index (χ0) is 10.0. The van der Waals surface area contributed by atoms with Gasteiger partial charge in [-0.05, 0) is 18.6 Å². The van der Waals surface area contributed by atoms with Gasteiger partial charge in [0.1, 0.15) is 17.2 Å². The monoisotopic (exact) mass is 181 g/mol. The van der Waals surface area contributed by atoms with Crippen molar-refractivity contribution in [1.29, 1.82) is 0 Å². The summed E-state index contributed by atoms with van der Waals surface area (Å²) in [5.74, 6) is -1.25. The summed E-state index contributed by atoms with van der Waals surface area (Å²) < 4.78 is 26.4. The molecule has 1 aromatic carbocycles. The second-order valence-corrected chi connectivity index (χ2v) is 2.90. The summed E-state index contributed by atoms with van der Waals surface area (Å²) >= 11 is 0. The first kappa shape index (κ1) is 9.66. The predicted octanol–water partition coefficient (Wildman–Crippen LogP) is 3.25. The smallest absolute Gasteiger partial charge is 0.251 e. The normalized spacial score (nSPS) is 12.2. The van der Waals surface area contributed by atoms with Crippen LogP contribution in [0, 0.1) is 25.1 Å². The average Bonchev–Trinajstić information content (AvgIpc) is 2.12. The number of hydrogen-bond acceptors (Lipinski definition) is 0. The van der Waals surface area contributed by atoms with Gasteiger partial charge in [-0.25, -0.2) is 15.4 Å². The minimum absolute atomic E-state index is 0.130. The Morgan fingerprint density at radius 2 is 2.00 bits per heavy atom. The van der Waals surface area contributed by atoms with Gasteiger partial charge >= 0.3 is 0 Å². The molecule has 3 heteroatoms. The van der Waals surface area contributed by atoms with Crippen LogP contribution >= 0.6 is 0 Å². The van der Waals surface area contributed by atoms with E-state index in [2.05, 4.69) is 4.85 Å². The molecule has 1 atom stereocenters. The highest BCUT2D eigenvalue weighted by Gasteiger charge is 2.20. The van der Waals surface area contributed by atoms with Crippen LogP contribution in [0.3, 0.4) is 0 Å². The molecule has 0 aliphatic heterocycles. The number of hydrogen-bond donors (Lipinski definition) is 0. The largest absolute Gasteiger partial charge is 0.309 e. The van der Waals surface area contributed by atoms with Gasteiger partial charge in [0, 0.05) is 6.92 Å². The van der Waals surface area contributed by atoms with Gasteiger partial charge in [0.25, 0.3) is 6.04 Å². The Hall–Kier alpha value is -1.43. The molecule has 0 saturated carbocycles. The van der Waals surface area contributed by atoms with Crippen LogP contribution in [0.1, 0.15) is 24.1 Å². The molecule has 0 heterocycles. The SMILES string of the molecule is [C-]#[N+]C(C)c1c(F)ccc(C)c1F. The highest BCUT2D eigenvalue weighted by molar-refractivity contribution is 5.30. The lowest BCUT2D eigenvalue weighted by Gasteiger charge is -2.05. The van der Waals surface area contributed by atoms with E-state index < -0.39 is 17.7 Å². The molecule has 1 unspecified atom stereocenters. The fourth-order valence-electron chi connectivity index (χ4n) is 1.13. The van der Waals surface area contributed by atoms with Crippen LogP contribution in [0.25, 0.3) is 4.85 Å². The highest BCUT2D eigenvalue weighted by atomic mass is 19.1. The zero-order valence-electron chi connectivity index (χ0n) is 7.44. The summed E-state index contributed by atoms with van der Waals surface area (Å²) in [7, 11) is 0. The number of aryl methyl sites for hydroxylation is 1. The van der Waals surface area contributed by atoms with Crippen LogP contribution in [0.2, 0.25) is 0 Å². The summed E-state index contributed by atoms with van der Waals surface area (Å²) in [4.78, 5) is 3.09. The summed E-state index contributed by atoms with van der Waals surface area (Å²) in [5, 5.41) is 0. The second-order valence-electron chi connectivity index (χ2n) is 2.90. The second kappa shape index (κ2) is 3.53. The number of benzene rings is 1. The Balaban J connectivity index is 3.35. The van der Waals surface area contributed by atoms with Crippen molar-refractivity contribution in [3.63, 3.8) is 0 Å². The van der Waals surface area contributed by atoms with Gasteiger partial charge in [-0.15, -0.1) is 0 Å². The van der Waals surface area contributed by atoms with Crippen molar-refractivity contribution < 1.29 is 8.78 Å². The molecule has 0 aliphatic carbocycles. The summed E-state index contributed by atoms with van der Waals surface area (Å²) in [6, 6.07) is 1.79. The van der Waals surface area contributed by atoms with Crippen molar-refractivity contribution >= 4 is 0 Å². The lowest BCUT2D eigenvalue weighted by molar-refractivity contribution is 0.544.